The van der Waals surface area contributed by atoms with Gasteiger partial charge in [-0.1, -0.05) is 35.9 Å². The highest BCUT2D eigenvalue weighted by atomic mass is 35.5. The third-order valence-corrected chi connectivity index (χ3v) is 6.06. The van der Waals surface area contributed by atoms with Gasteiger partial charge in [-0.2, -0.15) is 0 Å². The number of carbonyl (C=O) groups is 2. The summed E-state index contributed by atoms with van der Waals surface area (Å²) in [5.41, 5.74) is 8.58. The van der Waals surface area contributed by atoms with Gasteiger partial charge in [-0.05, 0) is 66.1 Å². The van der Waals surface area contributed by atoms with E-state index in [4.69, 9.17) is 21.1 Å². The molecule has 0 aliphatic rings. The van der Waals surface area contributed by atoms with Gasteiger partial charge in [0.2, 0.25) is 0 Å². The van der Waals surface area contributed by atoms with E-state index in [2.05, 4.69) is 10.9 Å². The van der Waals surface area contributed by atoms with Gasteiger partial charge in [0.15, 0.2) is 0 Å². The molecule has 0 unspecified atom stereocenters. The number of aryl methyl sites for hydroxylation is 1. The van der Waals surface area contributed by atoms with Crippen molar-refractivity contribution in [2.75, 3.05) is 14.2 Å². The number of carbonyl (C=O) groups excluding carboxylic acids is 2. The van der Waals surface area contributed by atoms with Gasteiger partial charge >= 0.3 is 0 Å². The first-order chi connectivity index (χ1) is 17.8. The molecule has 2 N–H and O–H groups in total. The molecule has 9 heteroatoms. The number of amides is 2. The minimum atomic E-state index is -0.591. The van der Waals surface area contributed by atoms with Crippen LogP contribution in [-0.2, 0) is 6.54 Å². The lowest BCUT2D eigenvalue weighted by Gasteiger charge is -2.14. The van der Waals surface area contributed by atoms with Crippen molar-refractivity contribution in [3.8, 4) is 22.6 Å². The Morgan fingerprint density at radius 3 is 2.24 bits per heavy atom. The van der Waals surface area contributed by atoms with Gasteiger partial charge in [0.25, 0.3) is 11.8 Å². The lowest BCUT2D eigenvalue weighted by atomic mass is 10.0. The van der Waals surface area contributed by atoms with Crippen LogP contribution in [0.15, 0.2) is 72.9 Å². The van der Waals surface area contributed by atoms with Crippen molar-refractivity contribution in [3.05, 3.63) is 106 Å². The Morgan fingerprint density at radius 1 is 0.919 bits per heavy atom. The fourth-order valence-corrected chi connectivity index (χ4v) is 4.24. The Bertz CT molecular complexity index is 1430. The molecular formula is C28H25ClFN3O4. The van der Waals surface area contributed by atoms with Crippen molar-refractivity contribution in [1.82, 2.24) is 15.4 Å². The first kappa shape index (κ1) is 25.8. The highest BCUT2D eigenvalue weighted by Gasteiger charge is 2.23. The summed E-state index contributed by atoms with van der Waals surface area (Å²) in [5, 5.41) is 0.350. The molecule has 190 valence electrons. The third-order valence-electron chi connectivity index (χ3n) is 5.82. The molecule has 1 aromatic heterocycles. The largest absolute Gasteiger partial charge is 0.497 e. The summed E-state index contributed by atoms with van der Waals surface area (Å²) < 4.78 is 25.7. The molecule has 0 saturated carbocycles. The van der Waals surface area contributed by atoms with Crippen LogP contribution >= 0.6 is 11.6 Å². The second-order valence-electron chi connectivity index (χ2n) is 8.27. The number of nitrogens with zero attached hydrogens (tertiary/aromatic N) is 1. The maximum Gasteiger partial charge on any atom is 0.286 e. The monoisotopic (exact) mass is 521 g/mol. The Hall–Kier alpha value is -4.30. The Balaban J connectivity index is 1.68. The maximum absolute atomic E-state index is 13.5. The predicted molar refractivity (Wildman–Crippen MR) is 140 cm³/mol. The van der Waals surface area contributed by atoms with E-state index in [-0.39, 0.29) is 11.4 Å². The van der Waals surface area contributed by atoms with E-state index in [1.165, 1.54) is 25.3 Å². The van der Waals surface area contributed by atoms with Gasteiger partial charge in [0.1, 0.15) is 23.0 Å². The fraction of sp³-hybridized carbons (Fsp3) is 0.143. The topological polar surface area (TPSA) is 81.6 Å². The summed E-state index contributed by atoms with van der Waals surface area (Å²) in [6.45, 7) is 2.21. The van der Waals surface area contributed by atoms with E-state index >= 15 is 0 Å². The summed E-state index contributed by atoms with van der Waals surface area (Å²) >= 11 is 6.04. The molecule has 4 rings (SSSR count). The molecule has 2 amide bonds. The smallest absolute Gasteiger partial charge is 0.286 e. The number of aromatic nitrogens is 1. The number of ether oxygens (including phenoxy) is 2. The fourth-order valence-electron chi connectivity index (χ4n) is 4.07. The minimum Gasteiger partial charge on any atom is -0.497 e. The summed E-state index contributed by atoms with van der Waals surface area (Å²) in [6, 6.07) is 18.0. The molecule has 0 radical (unpaired) electrons. The molecule has 3 aromatic carbocycles. The maximum atomic E-state index is 13.5. The van der Waals surface area contributed by atoms with Crippen molar-refractivity contribution < 1.29 is 23.5 Å². The van der Waals surface area contributed by atoms with Crippen molar-refractivity contribution in [2.45, 2.75) is 13.5 Å². The van der Waals surface area contributed by atoms with Crippen molar-refractivity contribution in [2.24, 2.45) is 0 Å². The number of methoxy groups -OCH3 is 2. The van der Waals surface area contributed by atoms with Gasteiger partial charge in [-0.3, -0.25) is 20.4 Å². The quantitative estimate of drug-likeness (QED) is 0.319. The Morgan fingerprint density at radius 2 is 1.59 bits per heavy atom. The molecule has 0 spiro atoms. The van der Waals surface area contributed by atoms with E-state index in [0.717, 1.165) is 16.7 Å². The highest BCUT2D eigenvalue weighted by Crippen LogP contribution is 2.31. The second kappa shape index (κ2) is 11.2. The zero-order chi connectivity index (χ0) is 26.5. The molecule has 1 heterocycles. The zero-order valence-electron chi connectivity index (χ0n) is 20.5. The van der Waals surface area contributed by atoms with E-state index in [9.17, 15) is 14.0 Å². The molecule has 0 fully saturated rings. The van der Waals surface area contributed by atoms with E-state index in [0.29, 0.717) is 34.3 Å². The Kier molecular flexibility index (Phi) is 7.79. The van der Waals surface area contributed by atoms with Crippen LogP contribution in [0.5, 0.6) is 11.5 Å². The summed E-state index contributed by atoms with van der Waals surface area (Å²) in [4.78, 5) is 26.3. The average molecular weight is 522 g/mol. The number of benzene rings is 3. The molecule has 0 bridgehead atoms. The summed E-state index contributed by atoms with van der Waals surface area (Å²) in [7, 11) is 3.01. The predicted octanol–water partition coefficient (Wildman–Crippen LogP) is 5.40. The van der Waals surface area contributed by atoms with E-state index in [1.54, 1.807) is 48.1 Å². The minimum absolute atomic E-state index is 0.170. The Labute approximate surface area is 218 Å². The van der Waals surface area contributed by atoms with Crippen molar-refractivity contribution in [1.29, 1.82) is 0 Å². The normalized spacial score (nSPS) is 10.6. The van der Waals surface area contributed by atoms with Crippen LogP contribution in [0.1, 0.15) is 32.0 Å². The molecule has 0 aliphatic carbocycles. The number of halogens is 2. The van der Waals surface area contributed by atoms with Gasteiger partial charge in [-0.15, -0.1) is 0 Å². The van der Waals surface area contributed by atoms with Crippen LogP contribution in [0.3, 0.4) is 0 Å². The van der Waals surface area contributed by atoms with Gasteiger partial charge in [0, 0.05) is 23.3 Å². The second-order valence-corrected chi connectivity index (χ2v) is 8.71. The highest BCUT2D eigenvalue weighted by molar-refractivity contribution is 6.31. The first-order valence-electron chi connectivity index (χ1n) is 11.3. The average Bonchev–Trinajstić information content (AvgIpc) is 3.23. The lowest BCUT2D eigenvalue weighted by Crippen LogP contribution is -2.42. The molecule has 0 atom stereocenters. The van der Waals surface area contributed by atoms with Crippen molar-refractivity contribution in [3.63, 3.8) is 0 Å². The van der Waals surface area contributed by atoms with Crippen LogP contribution in [-0.4, -0.2) is 30.6 Å². The first-order valence-corrected chi connectivity index (χ1v) is 11.7. The van der Waals surface area contributed by atoms with E-state index in [1.807, 2.05) is 25.3 Å². The van der Waals surface area contributed by atoms with Crippen molar-refractivity contribution >= 4 is 23.4 Å². The van der Waals surface area contributed by atoms with Crippen LogP contribution in [0.4, 0.5) is 4.39 Å². The van der Waals surface area contributed by atoms with Crippen LogP contribution in [0, 0.1) is 12.7 Å². The van der Waals surface area contributed by atoms with Crippen LogP contribution in [0.25, 0.3) is 11.1 Å². The SMILES string of the molecule is COc1ccc(-c2c(C)cn(Cc3ccc(F)cc3)c2C(=O)NNC(=O)c2cc(Cl)ccc2OC)cc1. The standard InChI is InChI=1S/C28H25ClFN3O4/c1-17-15-33(16-18-4-9-21(30)10-5-18)26(25(17)19-6-11-22(36-2)12-7-19)28(35)32-31-27(34)23-14-20(29)8-13-24(23)37-3/h4-15H,16H2,1-3H3,(H,31,34)(H,32,35). The van der Waals surface area contributed by atoms with Crippen LogP contribution in [0.2, 0.25) is 5.02 Å². The lowest BCUT2D eigenvalue weighted by molar-refractivity contribution is 0.0840. The summed E-state index contributed by atoms with van der Waals surface area (Å²) in [5.74, 6) is -0.475. The van der Waals surface area contributed by atoms with Crippen LogP contribution < -0.4 is 20.3 Å². The number of rotatable bonds is 7. The number of nitrogens with one attached hydrogen (secondary N) is 2. The molecule has 0 aliphatic heterocycles. The molecule has 4 aromatic rings. The summed E-state index contributed by atoms with van der Waals surface area (Å²) in [6.07, 6.45) is 1.85. The number of hydrogen-bond donors (Lipinski definition) is 2. The molecule has 0 saturated heterocycles. The molecule has 7 nitrogen and oxygen atoms in total. The zero-order valence-corrected chi connectivity index (χ0v) is 21.2. The van der Waals surface area contributed by atoms with E-state index < -0.39 is 11.8 Å². The third kappa shape index (κ3) is 5.76. The van der Waals surface area contributed by atoms with Gasteiger partial charge in [-0.25, -0.2) is 4.39 Å². The number of hydrogen-bond acceptors (Lipinski definition) is 4. The van der Waals surface area contributed by atoms with Gasteiger partial charge in [0.05, 0.1) is 19.8 Å². The van der Waals surface area contributed by atoms with Gasteiger partial charge < -0.3 is 14.0 Å². The molecule has 37 heavy (non-hydrogen) atoms. The molecular weight excluding hydrogens is 497 g/mol. The number of hydrazine groups is 1.